The van der Waals surface area contributed by atoms with Gasteiger partial charge in [0, 0.05) is 12.8 Å². The number of unbranched alkanes of at least 4 members (excludes halogenated alkanes) is 48. The number of hydrogen-bond acceptors (Lipinski definition) is 7. The molecule has 2 unspecified atom stereocenters. The fraction of sp³-hybridized carbons (Fsp3) is 0.950. The van der Waals surface area contributed by atoms with Crippen molar-refractivity contribution in [2.45, 2.75) is 453 Å². The first kappa shape index (κ1) is 85.6. The van der Waals surface area contributed by atoms with Crippen LogP contribution in [0.25, 0.3) is 0 Å². The van der Waals surface area contributed by atoms with E-state index in [-0.39, 0.29) is 25.8 Å². The molecule has 87 heavy (non-hydrogen) atoms. The van der Waals surface area contributed by atoms with Gasteiger partial charge in [0.05, 0.1) is 26.4 Å². The van der Waals surface area contributed by atoms with Crippen LogP contribution < -0.4 is 0 Å². The highest BCUT2D eigenvalue weighted by molar-refractivity contribution is 5.09. The molecule has 2 atom stereocenters. The first-order valence-corrected chi connectivity index (χ1v) is 39.9. The van der Waals surface area contributed by atoms with Gasteiger partial charge in [-0.25, -0.2) is 0 Å². The zero-order valence-corrected chi connectivity index (χ0v) is 60.7. The highest BCUT2D eigenvalue weighted by atomic mass is 16.7. The van der Waals surface area contributed by atoms with Crippen LogP contribution in [0.15, 0.2) is 23.0 Å². The quantitative estimate of drug-likeness (QED) is 0.0341. The Morgan fingerprint density at radius 1 is 0.207 bits per heavy atom. The zero-order chi connectivity index (χ0) is 63.1. The highest BCUT2D eigenvalue weighted by Crippen LogP contribution is 2.29. The number of allylic oxidation sites excluding steroid dienone is 2. The molecule has 0 heterocycles. The second-order valence-corrected chi connectivity index (χ2v) is 26.8. The molecule has 0 aromatic rings. The Morgan fingerprint density at radius 2 is 0.402 bits per heavy atom. The van der Waals surface area contributed by atoms with E-state index < -0.39 is 0 Å². The highest BCUT2D eigenvalue weighted by Gasteiger charge is 2.26. The van der Waals surface area contributed by atoms with E-state index in [0.29, 0.717) is 13.2 Å². The predicted octanol–water partition coefficient (Wildman–Crippen LogP) is 27.7. The van der Waals surface area contributed by atoms with E-state index in [4.69, 9.17) is 33.2 Å². The molecule has 0 aliphatic rings. The van der Waals surface area contributed by atoms with Gasteiger partial charge in [0.2, 0.25) is 0 Å². The van der Waals surface area contributed by atoms with Crippen molar-refractivity contribution in [1.29, 1.82) is 0 Å². The van der Waals surface area contributed by atoms with E-state index in [0.717, 1.165) is 113 Å². The third kappa shape index (κ3) is 59.3. The van der Waals surface area contributed by atoms with Gasteiger partial charge in [0.15, 0.2) is 25.1 Å². The van der Waals surface area contributed by atoms with Gasteiger partial charge in [0.25, 0.3) is 0 Å². The predicted molar refractivity (Wildman–Crippen MR) is 381 cm³/mol. The van der Waals surface area contributed by atoms with Crippen LogP contribution in [0.4, 0.5) is 0 Å². The van der Waals surface area contributed by atoms with Gasteiger partial charge in [-0.05, 0) is 51.4 Å². The standard InChI is InChI=1S/C80H158O7/c1-9-17-25-33-41-43-45-47-51-57-65-75(82-69-61-53-37-29-21-13-5)79(84-71-63-55-39-31-23-15-7)77(67-59-49-35-27-19-11-3)86-73-81-74-87-78(68-60-50-36-28-20-12-4)80(85-72-64-56-40-32-24-16-8)76(83-70-62-54-38-30-22-14-6)66-58-52-48-46-44-42-34-26-18-10-2/h77-78H,9-74H2,1-8H3. The van der Waals surface area contributed by atoms with Crippen LogP contribution in [0.2, 0.25) is 0 Å². The van der Waals surface area contributed by atoms with Crippen molar-refractivity contribution in [1.82, 2.24) is 0 Å². The average molecular weight is 1230 g/mol. The largest absolute Gasteiger partial charge is 0.494 e. The normalized spacial score (nSPS) is 13.1. The molecule has 0 aliphatic heterocycles. The van der Waals surface area contributed by atoms with Gasteiger partial charge in [-0.2, -0.15) is 0 Å². The minimum atomic E-state index is -0.225. The van der Waals surface area contributed by atoms with Crippen molar-refractivity contribution in [2.24, 2.45) is 0 Å². The molecule has 0 aliphatic carbocycles. The van der Waals surface area contributed by atoms with Gasteiger partial charge < -0.3 is 33.2 Å². The molecule has 520 valence electrons. The van der Waals surface area contributed by atoms with Crippen LogP contribution in [0.3, 0.4) is 0 Å². The van der Waals surface area contributed by atoms with E-state index in [1.165, 1.54) is 308 Å². The minimum Gasteiger partial charge on any atom is -0.494 e. The van der Waals surface area contributed by atoms with Crippen LogP contribution in [0.5, 0.6) is 0 Å². The summed E-state index contributed by atoms with van der Waals surface area (Å²) in [5.74, 6) is 4.01. The summed E-state index contributed by atoms with van der Waals surface area (Å²) < 4.78 is 48.8. The van der Waals surface area contributed by atoms with E-state index >= 15 is 0 Å². The Bertz CT molecular complexity index is 1260. The number of rotatable bonds is 76. The van der Waals surface area contributed by atoms with Gasteiger partial charge in [-0.1, -0.05) is 376 Å². The first-order valence-electron chi connectivity index (χ1n) is 39.9. The maximum absolute atomic E-state index is 7.08. The molecule has 0 spiro atoms. The Hall–Kier alpha value is -1.44. The van der Waals surface area contributed by atoms with E-state index in [9.17, 15) is 0 Å². The summed E-state index contributed by atoms with van der Waals surface area (Å²) in [6.45, 7) is 21.7. The van der Waals surface area contributed by atoms with E-state index in [1.807, 2.05) is 0 Å². The molecule has 0 rings (SSSR count). The van der Waals surface area contributed by atoms with Crippen LogP contribution in [0.1, 0.15) is 441 Å². The molecule has 0 N–H and O–H groups in total. The molecule has 7 heteroatoms. The lowest BCUT2D eigenvalue weighted by Gasteiger charge is -2.26. The summed E-state index contributed by atoms with van der Waals surface area (Å²) in [6, 6.07) is 0. The summed E-state index contributed by atoms with van der Waals surface area (Å²) in [5, 5.41) is 0. The lowest BCUT2D eigenvalue weighted by atomic mass is 10.0. The average Bonchev–Trinajstić information content (AvgIpc) is 3.74. The van der Waals surface area contributed by atoms with Crippen molar-refractivity contribution >= 4 is 0 Å². The molecule has 0 bridgehead atoms. The molecule has 0 saturated carbocycles. The van der Waals surface area contributed by atoms with Crippen molar-refractivity contribution in [2.75, 3.05) is 40.0 Å². The lowest BCUT2D eigenvalue weighted by molar-refractivity contribution is -0.167. The number of hydrogen-bond donors (Lipinski definition) is 0. The molecule has 0 fully saturated rings. The van der Waals surface area contributed by atoms with Crippen molar-refractivity contribution in [3.63, 3.8) is 0 Å². The zero-order valence-electron chi connectivity index (χ0n) is 60.7. The van der Waals surface area contributed by atoms with E-state index in [2.05, 4.69) is 55.4 Å². The molecule has 0 radical (unpaired) electrons. The Balaban J connectivity index is 7.10. The second-order valence-electron chi connectivity index (χ2n) is 26.8. The van der Waals surface area contributed by atoms with Crippen LogP contribution in [-0.2, 0) is 33.2 Å². The molecule has 0 saturated heterocycles. The Kier molecular flexibility index (Phi) is 72.4. The van der Waals surface area contributed by atoms with Gasteiger partial charge in [0.1, 0.15) is 23.7 Å². The summed E-state index contributed by atoms with van der Waals surface area (Å²) in [6.07, 6.45) is 74.4. The maximum Gasteiger partial charge on any atom is 0.162 e. The smallest absolute Gasteiger partial charge is 0.162 e. The minimum absolute atomic E-state index is 0.148. The summed E-state index contributed by atoms with van der Waals surface area (Å²) in [4.78, 5) is 0. The van der Waals surface area contributed by atoms with Crippen LogP contribution in [-0.4, -0.2) is 52.2 Å². The molecular weight excluding hydrogens is 1070 g/mol. The van der Waals surface area contributed by atoms with Crippen molar-refractivity contribution in [3.05, 3.63) is 23.0 Å². The summed E-state index contributed by atoms with van der Waals surface area (Å²) in [5.41, 5.74) is 0. The molecule has 0 aromatic carbocycles. The first-order chi connectivity index (χ1) is 43.1. The van der Waals surface area contributed by atoms with Gasteiger partial charge in [-0.15, -0.1) is 0 Å². The summed E-state index contributed by atoms with van der Waals surface area (Å²) in [7, 11) is 0. The molecule has 0 aromatic heterocycles. The topological polar surface area (TPSA) is 64.6 Å². The monoisotopic (exact) mass is 1230 g/mol. The lowest BCUT2D eigenvalue weighted by Crippen LogP contribution is -2.25. The number of ether oxygens (including phenoxy) is 7. The maximum atomic E-state index is 7.08. The van der Waals surface area contributed by atoms with Gasteiger partial charge >= 0.3 is 0 Å². The summed E-state index contributed by atoms with van der Waals surface area (Å²) >= 11 is 0. The van der Waals surface area contributed by atoms with E-state index in [1.54, 1.807) is 0 Å². The SMILES string of the molecule is CCCCCCCCCCCCC(OCCCCCCCC)=C(OCCCCCCCC)C(CCCCCCCC)OCOCOC(CCCCCCCC)C(OCCCCCCCC)=C(CCCCCCCCCCCC)OCCCCCCCC. The molecular formula is C80H158O7. The van der Waals surface area contributed by atoms with Crippen molar-refractivity contribution in [3.8, 4) is 0 Å². The molecule has 7 nitrogen and oxygen atoms in total. The fourth-order valence-corrected chi connectivity index (χ4v) is 12.2. The fourth-order valence-electron chi connectivity index (χ4n) is 12.2. The third-order valence-electron chi connectivity index (χ3n) is 18.1. The van der Waals surface area contributed by atoms with Crippen LogP contribution >= 0.6 is 0 Å². The van der Waals surface area contributed by atoms with Crippen molar-refractivity contribution < 1.29 is 33.2 Å². The van der Waals surface area contributed by atoms with Gasteiger partial charge in [-0.3, -0.25) is 0 Å². The molecule has 0 amide bonds. The Morgan fingerprint density at radius 3 is 0.644 bits per heavy atom. The third-order valence-corrected chi connectivity index (χ3v) is 18.1. The second kappa shape index (κ2) is 73.6. The Labute approximate surface area is 546 Å². The van der Waals surface area contributed by atoms with Crippen LogP contribution in [0, 0.1) is 0 Å².